The fourth-order valence-corrected chi connectivity index (χ4v) is 4.43. The number of aromatic nitrogens is 2. The van der Waals surface area contributed by atoms with Gasteiger partial charge in [-0.05, 0) is 49.9 Å². The molecule has 0 radical (unpaired) electrons. The quantitative estimate of drug-likeness (QED) is 0.851. The summed E-state index contributed by atoms with van der Waals surface area (Å²) in [6.07, 6.45) is 2.27. The monoisotopic (exact) mass is 365 g/mol. The van der Waals surface area contributed by atoms with Gasteiger partial charge >= 0.3 is 0 Å². The molecule has 3 N–H and O–H groups in total. The summed E-state index contributed by atoms with van der Waals surface area (Å²) in [5, 5.41) is 13.3. The van der Waals surface area contributed by atoms with E-state index in [0.717, 1.165) is 19.4 Å². The van der Waals surface area contributed by atoms with E-state index in [1.165, 1.54) is 10.9 Å². The van der Waals surface area contributed by atoms with Gasteiger partial charge < -0.3 is 11.1 Å². The Balaban J connectivity index is 1.76. The number of carbonyl (C=O) groups is 1. The van der Waals surface area contributed by atoms with Gasteiger partial charge in [0.05, 0.1) is 5.56 Å². The highest BCUT2D eigenvalue weighted by Gasteiger charge is 2.31. The van der Waals surface area contributed by atoms with Gasteiger partial charge in [-0.15, -0.1) is 21.5 Å². The van der Waals surface area contributed by atoms with Crippen LogP contribution in [0.1, 0.15) is 34.1 Å². The van der Waals surface area contributed by atoms with Crippen LogP contribution in [0, 0.1) is 5.92 Å². The van der Waals surface area contributed by atoms with Gasteiger partial charge in [0.1, 0.15) is 0 Å². The maximum Gasteiger partial charge on any atom is 0.252 e. The minimum absolute atomic E-state index is 0.156. The van der Waals surface area contributed by atoms with E-state index in [1.807, 2.05) is 0 Å². The lowest BCUT2D eigenvalue weighted by atomic mass is 9.88. The number of carbonyl (C=O) groups excluding carboxylic acids is 1. The number of anilines is 1. The minimum atomic E-state index is -0.565. The second kappa shape index (κ2) is 7.46. The molecule has 0 saturated carbocycles. The summed E-state index contributed by atoms with van der Waals surface area (Å²) in [5.41, 5.74) is 5.68. The van der Waals surface area contributed by atoms with E-state index in [9.17, 15) is 4.79 Å². The van der Waals surface area contributed by atoms with Crippen molar-refractivity contribution in [2.24, 2.45) is 11.7 Å². The summed E-state index contributed by atoms with van der Waals surface area (Å²) >= 11 is 7.58. The molecule has 3 rings (SSSR count). The molecule has 1 aliphatic heterocycles. The molecule has 2 atom stereocenters. The predicted molar refractivity (Wildman–Crippen MR) is 96.5 cm³/mol. The van der Waals surface area contributed by atoms with Crippen LogP contribution in [0.25, 0.3) is 0 Å². The molecule has 0 spiro atoms. The SMILES string of the molecule is CN1CCCC(CNc2nnc(Cl)cc2C(N)=O)C1c1cccs1. The van der Waals surface area contributed by atoms with Gasteiger partial charge in [-0.1, -0.05) is 17.7 Å². The normalized spacial score (nSPS) is 21.6. The molecule has 0 bridgehead atoms. The van der Waals surface area contributed by atoms with Gasteiger partial charge in [0.2, 0.25) is 0 Å². The summed E-state index contributed by atoms with van der Waals surface area (Å²) in [7, 11) is 2.16. The third kappa shape index (κ3) is 3.68. The molecule has 2 aromatic heterocycles. The zero-order valence-corrected chi connectivity index (χ0v) is 15.0. The van der Waals surface area contributed by atoms with Crippen LogP contribution in [0.2, 0.25) is 5.15 Å². The fourth-order valence-electron chi connectivity index (χ4n) is 3.30. The Morgan fingerprint density at radius 3 is 3.08 bits per heavy atom. The second-order valence-corrected chi connectivity index (χ2v) is 7.38. The Kier molecular flexibility index (Phi) is 5.33. The number of primary amides is 1. The molecule has 1 aliphatic rings. The summed E-state index contributed by atoms with van der Waals surface area (Å²) in [5.74, 6) is 0.246. The van der Waals surface area contributed by atoms with E-state index in [0.29, 0.717) is 24.3 Å². The fraction of sp³-hybridized carbons (Fsp3) is 0.438. The molecule has 0 aromatic carbocycles. The van der Waals surface area contributed by atoms with Crippen LogP contribution in [0.4, 0.5) is 5.82 Å². The highest BCUT2D eigenvalue weighted by atomic mass is 35.5. The van der Waals surface area contributed by atoms with Crippen LogP contribution in [-0.4, -0.2) is 41.1 Å². The van der Waals surface area contributed by atoms with Gasteiger partial charge in [-0.25, -0.2) is 0 Å². The van der Waals surface area contributed by atoms with E-state index in [1.54, 1.807) is 11.3 Å². The Morgan fingerprint density at radius 1 is 1.54 bits per heavy atom. The smallest absolute Gasteiger partial charge is 0.252 e. The van der Waals surface area contributed by atoms with Crippen molar-refractivity contribution in [2.75, 3.05) is 25.5 Å². The lowest BCUT2D eigenvalue weighted by Gasteiger charge is -2.39. The van der Waals surface area contributed by atoms with E-state index in [2.05, 4.69) is 45.0 Å². The molecule has 1 fully saturated rings. The van der Waals surface area contributed by atoms with E-state index in [4.69, 9.17) is 17.3 Å². The van der Waals surface area contributed by atoms with Crippen molar-refractivity contribution in [1.29, 1.82) is 0 Å². The van der Waals surface area contributed by atoms with Crippen molar-refractivity contribution in [3.63, 3.8) is 0 Å². The molecule has 3 heterocycles. The zero-order chi connectivity index (χ0) is 17.1. The number of likely N-dealkylation sites (tertiary alicyclic amines) is 1. The molecule has 24 heavy (non-hydrogen) atoms. The topological polar surface area (TPSA) is 84.1 Å². The Labute approximate surface area is 150 Å². The molecule has 6 nitrogen and oxygen atoms in total. The molecular weight excluding hydrogens is 346 g/mol. The number of nitrogens with zero attached hydrogens (tertiary/aromatic N) is 3. The second-order valence-electron chi connectivity index (χ2n) is 6.02. The molecule has 2 unspecified atom stereocenters. The summed E-state index contributed by atoms with van der Waals surface area (Å²) in [6, 6.07) is 6.08. The molecule has 2 aromatic rings. The van der Waals surface area contributed by atoms with Gasteiger partial charge in [0.25, 0.3) is 5.91 Å². The number of nitrogens with two attached hydrogens (primary N) is 1. The van der Waals surface area contributed by atoms with Gasteiger partial charge in [0.15, 0.2) is 11.0 Å². The maximum absolute atomic E-state index is 11.6. The number of amides is 1. The number of rotatable bonds is 5. The van der Waals surface area contributed by atoms with Crippen molar-refractivity contribution in [1.82, 2.24) is 15.1 Å². The highest BCUT2D eigenvalue weighted by Crippen LogP contribution is 2.37. The third-order valence-electron chi connectivity index (χ3n) is 4.40. The molecule has 1 amide bonds. The highest BCUT2D eigenvalue weighted by molar-refractivity contribution is 7.10. The molecular formula is C16H20ClN5OS. The van der Waals surface area contributed by atoms with Crippen molar-refractivity contribution in [2.45, 2.75) is 18.9 Å². The molecule has 8 heteroatoms. The standard InChI is InChI=1S/C16H20ClN5OS/c1-22-6-2-4-10(14(22)12-5-3-7-24-12)9-19-16-11(15(18)23)8-13(17)20-21-16/h3,5,7-8,10,14H,2,4,6,9H2,1H3,(H2,18,23)(H,19,21). The Morgan fingerprint density at radius 2 is 2.38 bits per heavy atom. The number of nitrogens with one attached hydrogen (secondary N) is 1. The first-order valence-electron chi connectivity index (χ1n) is 7.87. The Hall–Kier alpha value is -1.70. The third-order valence-corrected chi connectivity index (χ3v) is 5.53. The van der Waals surface area contributed by atoms with Crippen molar-refractivity contribution >= 4 is 34.7 Å². The maximum atomic E-state index is 11.6. The summed E-state index contributed by atoms with van der Waals surface area (Å²) in [6.45, 7) is 1.79. The van der Waals surface area contributed by atoms with Gasteiger partial charge in [0, 0.05) is 17.5 Å². The van der Waals surface area contributed by atoms with Crippen LogP contribution in [0.3, 0.4) is 0 Å². The summed E-state index contributed by atoms with van der Waals surface area (Å²) < 4.78 is 0. The first-order valence-corrected chi connectivity index (χ1v) is 9.12. The lowest BCUT2D eigenvalue weighted by Crippen LogP contribution is -2.38. The van der Waals surface area contributed by atoms with Crippen LogP contribution in [0.5, 0.6) is 0 Å². The van der Waals surface area contributed by atoms with Crippen molar-refractivity contribution in [3.8, 4) is 0 Å². The molecule has 0 aliphatic carbocycles. The summed E-state index contributed by atoms with van der Waals surface area (Å²) in [4.78, 5) is 15.3. The number of piperidine rings is 1. The van der Waals surface area contributed by atoms with Crippen LogP contribution < -0.4 is 11.1 Å². The molecule has 1 saturated heterocycles. The van der Waals surface area contributed by atoms with E-state index < -0.39 is 5.91 Å². The van der Waals surface area contributed by atoms with Crippen LogP contribution in [-0.2, 0) is 0 Å². The zero-order valence-electron chi connectivity index (χ0n) is 13.4. The van der Waals surface area contributed by atoms with Crippen molar-refractivity contribution < 1.29 is 4.79 Å². The molecule has 128 valence electrons. The average molecular weight is 366 g/mol. The van der Waals surface area contributed by atoms with Crippen molar-refractivity contribution in [3.05, 3.63) is 39.2 Å². The Bertz CT molecular complexity index is 708. The average Bonchev–Trinajstić information content (AvgIpc) is 3.07. The number of halogens is 1. The number of thiophene rings is 1. The van der Waals surface area contributed by atoms with E-state index in [-0.39, 0.29) is 10.7 Å². The van der Waals surface area contributed by atoms with Crippen LogP contribution in [0.15, 0.2) is 23.6 Å². The largest absolute Gasteiger partial charge is 0.368 e. The van der Waals surface area contributed by atoms with Gasteiger partial charge in [-0.3, -0.25) is 9.69 Å². The first-order chi connectivity index (χ1) is 11.6. The van der Waals surface area contributed by atoms with Crippen LogP contribution >= 0.6 is 22.9 Å². The van der Waals surface area contributed by atoms with Gasteiger partial charge in [-0.2, -0.15) is 0 Å². The first kappa shape index (κ1) is 17.1. The number of hydrogen-bond donors (Lipinski definition) is 2. The number of hydrogen-bond acceptors (Lipinski definition) is 6. The minimum Gasteiger partial charge on any atom is -0.368 e. The lowest BCUT2D eigenvalue weighted by molar-refractivity contribution is 0.100. The predicted octanol–water partition coefficient (Wildman–Crippen LogP) is 2.79. The van der Waals surface area contributed by atoms with E-state index >= 15 is 0 Å².